The summed E-state index contributed by atoms with van der Waals surface area (Å²) in [5.74, 6) is 1.42. The van der Waals surface area contributed by atoms with Crippen LogP contribution in [0, 0.1) is 0 Å². The Bertz CT molecular complexity index is 1280. The van der Waals surface area contributed by atoms with Gasteiger partial charge in [0, 0.05) is 49.0 Å². The van der Waals surface area contributed by atoms with Gasteiger partial charge in [-0.15, -0.1) is 0 Å². The van der Waals surface area contributed by atoms with Gasteiger partial charge in [-0.1, -0.05) is 31.2 Å². The number of rotatable bonds is 6. The first-order valence-electron chi connectivity index (χ1n) is 13.7. The van der Waals surface area contributed by atoms with Crippen LogP contribution in [0.5, 0.6) is 0 Å². The second-order valence-electron chi connectivity index (χ2n) is 11.7. The van der Waals surface area contributed by atoms with E-state index in [1.54, 1.807) is 6.33 Å². The maximum atomic E-state index is 14.0. The number of H-pyrrole nitrogens is 1. The van der Waals surface area contributed by atoms with Gasteiger partial charge in [0.1, 0.15) is 12.1 Å². The SMILES string of the molecule is C[C@@H]1C[C@@H](O)c2ncnc(N3CCN([C@H](C(=O)[C@@H]4CCC(C)(C)N4)c4ccc(-c5cn[nH]c5)cc4)CC3)c21. The van der Waals surface area contributed by atoms with Crippen molar-refractivity contribution < 1.29 is 9.90 Å². The van der Waals surface area contributed by atoms with E-state index >= 15 is 0 Å². The number of aromatic amines is 1. The van der Waals surface area contributed by atoms with E-state index in [0.29, 0.717) is 6.42 Å². The second kappa shape index (κ2) is 9.87. The molecule has 2 saturated heterocycles. The lowest BCUT2D eigenvalue weighted by Gasteiger charge is -2.40. The van der Waals surface area contributed by atoms with Crippen molar-refractivity contribution in [1.29, 1.82) is 0 Å². The van der Waals surface area contributed by atoms with Crippen LogP contribution < -0.4 is 10.2 Å². The summed E-state index contributed by atoms with van der Waals surface area (Å²) < 4.78 is 0. The predicted octanol–water partition coefficient (Wildman–Crippen LogP) is 3.37. The van der Waals surface area contributed by atoms with Crippen molar-refractivity contribution in [3.63, 3.8) is 0 Å². The van der Waals surface area contributed by atoms with Crippen LogP contribution in [0.25, 0.3) is 11.1 Å². The molecule has 4 atom stereocenters. The normalized spacial score (nSPS) is 25.9. The third kappa shape index (κ3) is 4.63. The van der Waals surface area contributed by atoms with Gasteiger partial charge >= 0.3 is 0 Å². The Balaban J connectivity index is 1.25. The lowest BCUT2D eigenvalue weighted by Crippen LogP contribution is -2.52. The fourth-order valence-electron chi connectivity index (χ4n) is 6.49. The Morgan fingerprint density at radius 3 is 2.53 bits per heavy atom. The number of Topliss-reactive ketones (excluding diaryl/α,β-unsaturated/α-hetero) is 1. The molecular formula is C29H37N7O2. The van der Waals surface area contributed by atoms with E-state index in [1.807, 2.05) is 12.4 Å². The van der Waals surface area contributed by atoms with Crippen LogP contribution in [-0.4, -0.2) is 73.7 Å². The van der Waals surface area contributed by atoms with Gasteiger partial charge in [0.25, 0.3) is 0 Å². The minimum Gasteiger partial charge on any atom is -0.387 e. The van der Waals surface area contributed by atoms with E-state index in [-0.39, 0.29) is 29.3 Å². The molecule has 3 aliphatic rings. The summed E-state index contributed by atoms with van der Waals surface area (Å²) in [5, 5.41) is 20.9. The van der Waals surface area contributed by atoms with Gasteiger partial charge in [-0.3, -0.25) is 14.8 Å². The zero-order valence-electron chi connectivity index (χ0n) is 22.4. The number of carbonyl (C=O) groups is 1. The van der Waals surface area contributed by atoms with Gasteiger partial charge in [-0.2, -0.15) is 5.10 Å². The summed E-state index contributed by atoms with van der Waals surface area (Å²) >= 11 is 0. The number of nitrogens with one attached hydrogen (secondary N) is 2. The number of hydrogen-bond acceptors (Lipinski definition) is 8. The minimum atomic E-state index is -0.516. The molecule has 1 aliphatic carbocycles. The van der Waals surface area contributed by atoms with E-state index in [1.165, 1.54) is 0 Å². The first-order chi connectivity index (χ1) is 18.3. The van der Waals surface area contributed by atoms with Crippen LogP contribution in [0.4, 0.5) is 5.82 Å². The summed E-state index contributed by atoms with van der Waals surface area (Å²) in [6, 6.07) is 7.90. The van der Waals surface area contributed by atoms with Crippen LogP contribution in [0.1, 0.15) is 74.9 Å². The number of aliphatic hydroxyl groups is 1. The number of aliphatic hydroxyl groups excluding tert-OH is 1. The third-order valence-electron chi connectivity index (χ3n) is 8.55. The van der Waals surface area contributed by atoms with Crippen molar-refractivity contribution in [3.8, 4) is 11.1 Å². The average Bonchev–Trinajstić information content (AvgIpc) is 3.65. The van der Waals surface area contributed by atoms with Crippen LogP contribution in [0.3, 0.4) is 0 Å². The number of hydrogen-bond donors (Lipinski definition) is 3. The van der Waals surface area contributed by atoms with Crippen LogP contribution >= 0.6 is 0 Å². The number of anilines is 1. The van der Waals surface area contributed by atoms with E-state index in [2.05, 4.69) is 80.3 Å². The summed E-state index contributed by atoms with van der Waals surface area (Å²) in [7, 11) is 0. The molecule has 38 heavy (non-hydrogen) atoms. The molecular weight excluding hydrogens is 478 g/mol. The first-order valence-corrected chi connectivity index (χ1v) is 13.7. The topological polar surface area (TPSA) is 110 Å². The molecule has 0 radical (unpaired) electrons. The fourth-order valence-corrected chi connectivity index (χ4v) is 6.49. The van der Waals surface area contributed by atoms with Gasteiger partial charge in [0.2, 0.25) is 0 Å². The zero-order chi connectivity index (χ0) is 26.4. The van der Waals surface area contributed by atoms with Crippen molar-refractivity contribution in [2.24, 2.45) is 0 Å². The molecule has 0 saturated carbocycles. The molecule has 9 nitrogen and oxygen atoms in total. The van der Waals surface area contributed by atoms with Crippen LogP contribution in [0.2, 0.25) is 0 Å². The third-order valence-corrected chi connectivity index (χ3v) is 8.55. The summed E-state index contributed by atoms with van der Waals surface area (Å²) in [6.45, 7) is 9.53. The summed E-state index contributed by atoms with van der Waals surface area (Å²) in [5.41, 5.74) is 4.96. The average molecular weight is 516 g/mol. The van der Waals surface area contributed by atoms with Gasteiger partial charge in [-0.25, -0.2) is 9.97 Å². The lowest BCUT2D eigenvalue weighted by atomic mass is 9.93. The Morgan fingerprint density at radius 1 is 1.11 bits per heavy atom. The standard InChI is InChI=1S/C29H37N7O2/c1-18-14-23(37)25-24(18)28(31-17-30-25)36-12-10-35(11-13-36)26(27(38)22-8-9-29(2,3)34-22)20-6-4-19(5-7-20)21-15-32-33-16-21/h4-7,15-18,22-23,26,34,37H,8-14H2,1-3H3,(H,32,33)/t18-,22+,23-,26+/m1/s1. The maximum Gasteiger partial charge on any atom is 0.171 e. The van der Waals surface area contributed by atoms with Crippen molar-refractivity contribution in [2.75, 3.05) is 31.1 Å². The highest BCUT2D eigenvalue weighted by Crippen LogP contribution is 2.43. The van der Waals surface area contributed by atoms with Crippen molar-refractivity contribution in [1.82, 2.24) is 30.4 Å². The fraction of sp³-hybridized carbons (Fsp3) is 0.517. The predicted molar refractivity (Wildman–Crippen MR) is 146 cm³/mol. The number of piperazine rings is 1. The molecule has 3 aromatic rings. The van der Waals surface area contributed by atoms with Crippen LogP contribution in [0.15, 0.2) is 43.0 Å². The first kappa shape index (κ1) is 25.2. The number of ketones is 1. The smallest absolute Gasteiger partial charge is 0.171 e. The van der Waals surface area contributed by atoms with Crippen molar-refractivity contribution >= 4 is 11.6 Å². The number of fused-ring (bicyclic) bond motifs is 1. The van der Waals surface area contributed by atoms with E-state index in [0.717, 1.165) is 72.8 Å². The summed E-state index contributed by atoms with van der Waals surface area (Å²) in [4.78, 5) is 27.7. The van der Waals surface area contributed by atoms with Gasteiger partial charge in [0.05, 0.1) is 30.1 Å². The molecule has 200 valence electrons. The zero-order valence-corrected chi connectivity index (χ0v) is 22.4. The quantitative estimate of drug-likeness (QED) is 0.458. The number of benzene rings is 1. The molecule has 9 heteroatoms. The van der Waals surface area contributed by atoms with Gasteiger partial charge < -0.3 is 15.3 Å². The molecule has 4 heterocycles. The van der Waals surface area contributed by atoms with Gasteiger partial charge in [-0.05, 0) is 50.2 Å². The molecule has 3 N–H and O–H groups in total. The molecule has 6 rings (SSSR count). The lowest BCUT2D eigenvalue weighted by molar-refractivity contribution is -0.126. The molecule has 1 aromatic carbocycles. The molecule has 0 spiro atoms. The van der Waals surface area contributed by atoms with Gasteiger partial charge in [0.15, 0.2) is 5.78 Å². The van der Waals surface area contributed by atoms with E-state index < -0.39 is 6.10 Å². The molecule has 0 amide bonds. The minimum absolute atomic E-state index is 0.0244. The Labute approximate surface area is 223 Å². The molecule has 2 aromatic heterocycles. The monoisotopic (exact) mass is 515 g/mol. The number of carbonyl (C=O) groups excluding carboxylic acids is 1. The highest BCUT2D eigenvalue weighted by atomic mass is 16.3. The second-order valence-corrected chi connectivity index (χ2v) is 11.7. The highest BCUT2D eigenvalue weighted by Gasteiger charge is 2.41. The maximum absolute atomic E-state index is 14.0. The highest BCUT2D eigenvalue weighted by molar-refractivity contribution is 5.90. The Kier molecular flexibility index (Phi) is 6.53. The largest absolute Gasteiger partial charge is 0.387 e. The number of aromatic nitrogens is 4. The van der Waals surface area contributed by atoms with E-state index in [4.69, 9.17) is 0 Å². The molecule has 2 aliphatic heterocycles. The molecule has 0 unspecified atom stereocenters. The Morgan fingerprint density at radius 2 is 1.87 bits per heavy atom. The summed E-state index contributed by atoms with van der Waals surface area (Å²) in [6.07, 6.45) is 7.30. The Hall–Kier alpha value is -3.14. The van der Waals surface area contributed by atoms with Crippen molar-refractivity contribution in [3.05, 3.63) is 59.8 Å². The van der Waals surface area contributed by atoms with E-state index in [9.17, 15) is 9.90 Å². The van der Waals surface area contributed by atoms with Crippen LogP contribution in [-0.2, 0) is 4.79 Å². The number of nitrogens with zero attached hydrogens (tertiary/aromatic N) is 5. The molecule has 0 bridgehead atoms. The molecule has 2 fully saturated rings. The van der Waals surface area contributed by atoms with Crippen molar-refractivity contribution in [2.45, 2.75) is 69.7 Å².